The molecule has 1 aliphatic rings. The SMILES string of the molecule is COc1cc(C)c2c(c1C(C)C)C(CN)N(C(C)(C)C)C2. The first kappa shape index (κ1) is 16.3. The lowest BCUT2D eigenvalue weighted by atomic mass is 9.88. The van der Waals surface area contributed by atoms with Crippen LogP contribution in [0.5, 0.6) is 5.75 Å². The van der Waals surface area contributed by atoms with Gasteiger partial charge in [-0.2, -0.15) is 0 Å². The van der Waals surface area contributed by atoms with Crippen molar-refractivity contribution >= 4 is 0 Å². The van der Waals surface area contributed by atoms with Crippen molar-refractivity contribution in [2.75, 3.05) is 13.7 Å². The molecule has 2 rings (SSSR count). The van der Waals surface area contributed by atoms with E-state index in [4.69, 9.17) is 10.5 Å². The number of nitrogens with zero attached hydrogens (tertiary/aromatic N) is 1. The normalized spacial score (nSPS) is 19.2. The summed E-state index contributed by atoms with van der Waals surface area (Å²) in [6, 6.07) is 2.47. The van der Waals surface area contributed by atoms with Gasteiger partial charge in [-0.15, -0.1) is 0 Å². The molecule has 1 aromatic rings. The monoisotopic (exact) mass is 290 g/mol. The number of ether oxygens (including phenoxy) is 1. The lowest BCUT2D eigenvalue weighted by Crippen LogP contribution is -2.42. The summed E-state index contributed by atoms with van der Waals surface area (Å²) in [6.07, 6.45) is 0. The Labute approximate surface area is 129 Å². The molecule has 3 nitrogen and oxygen atoms in total. The Bertz CT molecular complexity index is 529. The van der Waals surface area contributed by atoms with Gasteiger partial charge in [0.1, 0.15) is 5.75 Å². The first-order chi connectivity index (χ1) is 9.72. The van der Waals surface area contributed by atoms with Gasteiger partial charge in [0.05, 0.1) is 7.11 Å². The highest BCUT2D eigenvalue weighted by molar-refractivity contribution is 5.54. The van der Waals surface area contributed by atoms with E-state index in [9.17, 15) is 0 Å². The molecule has 3 heteroatoms. The van der Waals surface area contributed by atoms with Gasteiger partial charge in [0.15, 0.2) is 0 Å². The van der Waals surface area contributed by atoms with Crippen molar-refractivity contribution in [3.8, 4) is 5.75 Å². The molecule has 1 atom stereocenters. The Hall–Kier alpha value is -1.06. The highest BCUT2D eigenvalue weighted by atomic mass is 16.5. The summed E-state index contributed by atoms with van der Waals surface area (Å²) in [4.78, 5) is 2.52. The second-order valence-corrected chi connectivity index (χ2v) is 7.41. The molecule has 1 unspecified atom stereocenters. The number of aryl methyl sites for hydroxylation is 1. The number of nitrogens with two attached hydrogens (primary N) is 1. The third-order valence-electron chi connectivity index (χ3n) is 4.62. The number of hydrogen-bond donors (Lipinski definition) is 1. The van der Waals surface area contributed by atoms with Crippen LogP contribution in [0, 0.1) is 6.92 Å². The second-order valence-electron chi connectivity index (χ2n) is 7.41. The summed E-state index contributed by atoms with van der Waals surface area (Å²) < 4.78 is 5.67. The van der Waals surface area contributed by atoms with Crippen LogP contribution in [-0.2, 0) is 6.54 Å². The van der Waals surface area contributed by atoms with Crippen molar-refractivity contribution in [3.05, 3.63) is 28.3 Å². The summed E-state index contributed by atoms with van der Waals surface area (Å²) in [5.74, 6) is 1.44. The largest absolute Gasteiger partial charge is 0.496 e. The summed E-state index contributed by atoms with van der Waals surface area (Å²) in [5.41, 5.74) is 11.8. The molecule has 0 aromatic heterocycles. The molecule has 1 aliphatic heterocycles. The van der Waals surface area contributed by atoms with Crippen molar-refractivity contribution in [1.29, 1.82) is 0 Å². The first-order valence-electron chi connectivity index (χ1n) is 7.89. The Morgan fingerprint density at radius 1 is 1.38 bits per heavy atom. The van der Waals surface area contributed by atoms with Gasteiger partial charge in [-0.3, -0.25) is 4.90 Å². The molecule has 21 heavy (non-hydrogen) atoms. The highest BCUT2D eigenvalue weighted by Crippen LogP contribution is 2.46. The van der Waals surface area contributed by atoms with Gasteiger partial charge < -0.3 is 10.5 Å². The molecule has 0 spiro atoms. The third-order valence-corrected chi connectivity index (χ3v) is 4.62. The quantitative estimate of drug-likeness (QED) is 0.921. The van der Waals surface area contributed by atoms with Crippen LogP contribution in [0.25, 0.3) is 0 Å². The average molecular weight is 290 g/mol. The molecule has 0 bridgehead atoms. The maximum Gasteiger partial charge on any atom is 0.122 e. The van der Waals surface area contributed by atoms with Crippen LogP contribution < -0.4 is 10.5 Å². The fraction of sp³-hybridized carbons (Fsp3) is 0.667. The van der Waals surface area contributed by atoms with Gasteiger partial charge in [-0.05, 0) is 56.4 Å². The minimum atomic E-state index is 0.108. The number of rotatable bonds is 3. The molecule has 1 heterocycles. The predicted octanol–water partition coefficient (Wildman–Crippen LogP) is 3.74. The van der Waals surface area contributed by atoms with E-state index in [1.807, 2.05) is 0 Å². The van der Waals surface area contributed by atoms with Gasteiger partial charge in [0.2, 0.25) is 0 Å². The summed E-state index contributed by atoms with van der Waals surface area (Å²) in [5, 5.41) is 0. The smallest absolute Gasteiger partial charge is 0.122 e. The van der Waals surface area contributed by atoms with Gasteiger partial charge in [-0.1, -0.05) is 13.8 Å². The minimum Gasteiger partial charge on any atom is -0.496 e. The van der Waals surface area contributed by atoms with Crippen molar-refractivity contribution in [3.63, 3.8) is 0 Å². The molecule has 0 fully saturated rings. The highest BCUT2D eigenvalue weighted by Gasteiger charge is 2.39. The van der Waals surface area contributed by atoms with Gasteiger partial charge in [0.25, 0.3) is 0 Å². The van der Waals surface area contributed by atoms with Crippen LogP contribution in [0.15, 0.2) is 6.07 Å². The van der Waals surface area contributed by atoms with Gasteiger partial charge >= 0.3 is 0 Å². The van der Waals surface area contributed by atoms with E-state index in [-0.39, 0.29) is 11.6 Å². The van der Waals surface area contributed by atoms with Crippen LogP contribution in [0.4, 0.5) is 0 Å². The van der Waals surface area contributed by atoms with Crippen LogP contribution in [0.2, 0.25) is 0 Å². The summed E-state index contributed by atoms with van der Waals surface area (Å²) in [7, 11) is 1.76. The van der Waals surface area contributed by atoms with Crippen molar-refractivity contribution in [2.45, 2.75) is 65.6 Å². The first-order valence-corrected chi connectivity index (χ1v) is 7.89. The lowest BCUT2D eigenvalue weighted by molar-refractivity contribution is 0.0943. The Morgan fingerprint density at radius 3 is 2.43 bits per heavy atom. The predicted molar refractivity (Wildman–Crippen MR) is 88.9 cm³/mol. The maximum atomic E-state index is 6.16. The summed E-state index contributed by atoms with van der Waals surface area (Å²) in [6.45, 7) is 15.1. The van der Waals surface area contributed by atoms with Crippen LogP contribution in [-0.4, -0.2) is 24.1 Å². The van der Waals surface area contributed by atoms with E-state index >= 15 is 0 Å². The number of methoxy groups -OCH3 is 1. The molecular weight excluding hydrogens is 260 g/mol. The van der Waals surface area contributed by atoms with Crippen molar-refractivity contribution < 1.29 is 4.74 Å². The van der Waals surface area contributed by atoms with Crippen molar-refractivity contribution in [1.82, 2.24) is 4.90 Å². The van der Waals surface area contributed by atoms with E-state index < -0.39 is 0 Å². The van der Waals surface area contributed by atoms with Crippen molar-refractivity contribution in [2.24, 2.45) is 5.73 Å². The van der Waals surface area contributed by atoms with E-state index in [1.54, 1.807) is 7.11 Å². The lowest BCUT2D eigenvalue weighted by Gasteiger charge is -2.37. The molecule has 1 aromatic carbocycles. The summed E-state index contributed by atoms with van der Waals surface area (Å²) >= 11 is 0. The topological polar surface area (TPSA) is 38.5 Å². The Morgan fingerprint density at radius 2 is 2.00 bits per heavy atom. The fourth-order valence-corrected chi connectivity index (χ4v) is 3.61. The van der Waals surface area contributed by atoms with E-state index in [0.717, 1.165) is 12.3 Å². The molecule has 0 radical (unpaired) electrons. The Balaban J connectivity index is 2.68. The van der Waals surface area contributed by atoms with Crippen LogP contribution >= 0.6 is 0 Å². The molecule has 0 saturated carbocycles. The van der Waals surface area contributed by atoms with E-state index in [0.29, 0.717) is 12.5 Å². The second kappa shape index (κ2) is 5.62. The fourth-order valence-electron chi connectivity index (χ4n) is 3.61. The standard InChI is InChI=1S/C18H30N2O/c1-11(2)16-15(21-7)8-12(3)13-10-20(18(4,5)6)14(9-19)17(13)16/h8,11,14H,9-10,19H2,1-7H3. The van der Waals surface area contributed by atoms with Gasteiger partial charge in [0, 0.05) is 30.2 Å². The average Bonchev–Trinajstić information content (AvgIpc) is 2.77. The molecule has 0 saturated heterocycles. The number of benzene rings is 1. The zero-order valence-electron chi connectivity index (χ0n) is 14.6. The molecular formula is C18H30N2O. The molecule has 118 valence electrons. The van der Waals surface area contributed by atoms with Crippen LogP contribution in [0.1, 0.15) is 68.8 Å². The maximum absolute atomic E-state index is 6.16. The zero-order chi connectivity index (χ0) is 15.9. The molecule has 0 amide bonds. The Kier molecular flexibility index (Phi) is 4.36. The minimum absolute atomic E-state index is 0.108. The molecule has 2 N–H and O–H groups in total. The number of fused-ring (bicyclic) bond motifs is 1. The zero-order valence-corrected chi connectivity index (χ0v) is 14.6. The van der Waals surface area contributed by atoms with E-state index in [1.165, 1.54) is 22.3 Å². The third kappa shape index (κ3) is 2.69. The van der Waals surface area contributed by atoms with Crippen LogP contribution in [0.3, 0.4) is 0 Å². The van der Waals surface area contributed by atoms with E-state index in [2.05, 4.69) is 52.5 Å². The molecule has 0 aliphatic carbocycles. The number of hydrogen-bond acceptors (Lipinski definition) is 3. The van der Waals surface area contributed by atoms with Gasteiger partial charge in [-0.25, -0.2) is 0 Å².